The molecule has 0 amide bonds. The Bertz CT molecular complexity index is 748. The predicted octanol–water partition coefficient (Wildman–Crippen LogP) is 7.21. The molecule has 174 valence electrons. The van der Waals surface area contributed by atoms with Crippen LogP contribution >= 0.6 is 0 Å². The first-order valence-electron chi connectivity index (χ1n) is 14.1. The van der Waals surface area contributed by atoms with E-state index in [1.165, 1.54) is 38.5 Å². The van der Waals surface area contributed by atoms with E-state index >= 15 is 0 Å². The SMILES string of the molecule is CC1CC[C@@]2(OC1)O[C@H]1C[C@H]3[C@@H]4CCC5CCC6(CC6)C[C@]5(C)[C@H]4CC[C@]3(C)[C@H]1[C@@H]2C. The van der Waals surface area contributed by atoms with Crippen LogP contribution in [-0.2, 0) is 9.47 Å². The van der Waals surface area contributed by atoms with Crippen LogP contribution in [-0.4, -0.2) is 18.5 Å². The summed E-state index contributed by atoms with van der Waals surface area (Å²) in [6.45, 7) is 11.2. The van der Waals surface area contributed by atoms with E-state index in [0.29, 0.717) is 28.8 Å². The second-order valence-corrected chi connectivity index (χ2v) is 14.4. The van der Waals surface area contributed by atoms with Gasteiger partial charge < -0.3 is 9.47 Å². The number of hydrogen-bond acceptors (Lipinski definition) is 2. The van der Waals surface area contributed by atoms with Crippen molar-refractivity contribution in [1.82, 2.24) is 0 Å². The fraction of sp³-hybridized carbons (Fsp3) is 1.00. The average Bonchev–Trinajstić information content (AvgIpc) is 3.32. The van der Waals surface area contributed by atoms with Crippen LogP contribution in [0.15, 0.2) is 0 Å². The molecular weight excluding hydrogens is 380 g/mol. The first-order valence-corrected chi connectivity index (χ1v) is 14.1. The van der Waals surface area contributed by atoms with Crippen LogP contribution in [0.4, 0.5) is 0 Å². The second kappa shape index (κ2) is 6.32. The fourth-order valence-corrected chi connectivity index (χ4v) is 11.3. The zero-order valence-corrected chi connectivity index (χ0v) is 20.6. The summed E-state index contributed by atoms with van der Waals surface area (Å²) in [6.07, 6.45) is 18.0. The van der Waals surface area contributed by atoms with E-state index in [-0.39, 0.29) is 5.79 Å². The Morgan fingerprint density at radius 2 is 1.61 bits per heavy atom. The van der Waals surface area contributed by atoms with Crippen LogP contribution in [0.2, 0.25) is 0 Å². The molecule has 0 aromatic heterocycles. The summed E-state index contributed by atoms with van der Waals surface area (Å²) in [4.78, 5) is 0. The minimum atomic E-state index is -0.252. The van der Waals surface area contributed by atoms with Crippen molar-refractivity contribution < 1.29 is 9.47 Å². The highest BCUT2D eigenvalue weighted by Crippen LogP contribution is 2.74. The third-order valence-corrected chi connectivity index (χ3v) is 13.1. The molecule has 0 aromatic carbocycles. The average molecular weight is 427 g/mol. The third kappa shape index (κ3) is 2.59. The van der Waals surface area contributed by atoms with E-state index in [2.05, 4.69) is 27.7 Å². The fourth-order valence-electron chi connectivity index (χ4n) is 11.3. The second-order valence-electron chi connectivity index (χ2n) is 14.4. The van der Waals surface area contributed by atoms with Crippen LogP contribution < -0.4 is 0 Å². The van der Waals surface area contributed by atoms with E-state index in [1.54, 1.807) is 32.1 Å². The van der Waals surface area contributed by atoms with Gasteiger partial charge in [0.25, 0.3) is 0 Å². The van der Waals surface area contributed by atoms with Gasteiger partial charge in [0.05, 0.1) is 12.7 Å². The molecular formula is C29H46O2. The standard InChI is InChI=1S/C29H46O2/c1-18-7-12-29(30-16-18)19(2)25-24(31-29)15-23-21-6-5-20-8-11-28(13-14-28)17-27(20,4)22(21)9-10-26(23,25)3/h18-25H,5-17H2,1-4H3/t18?,19-,20?,21+,22-,23-,24-,25-,26-,27-,29+/m0/s1. The molecule has 0 N–H and O–H groups in total. The number of fused-ring (bicyclic) bond motifs is 7. The predicted molar refractivity (Wildman–Crippen MR) is 123 cm³/mol. The summed E-state index contributed by atoms with van der Waals surface area (Å²) in [6, 6.07) is 0. The topological polar surface area (TPSA) is 18.5 Å². The molecule has 5 aliphatic carbocycles. The van der Waals surface area contributed by atoms with E-state index in [4.69, 9.17) is 9.47 Å². The van der Waals surface area contributed by atoms with Gasteiger partial charge >= 0.3 is 0 Å². The first-order chi connectivity index (χ1) is 14.8. The highest BCUT2D eigenvalue weighted by Gasteiger charge is 2.69. The van der Waals surface area contributed by atoms with Gasteiger partial charge in [0.1, 0.15) is 0 Å². The number of hydrogen-bond donors (Lipinski definition) is 0. The zero-order chi connectivity index (χ0) is 21.2. The molecule has 2 unspecified atom stereocenters. The highest BCUT2D eigenvalue weighted by molar-refractivity contribution is 5.16. The van der Waals surface area contributed by atoms with Gasteiger partial charge in [-0.05, 0) is 122 Å². The van der Waals surface area contributed by atoms with Gasteiger partial charge in [-0.3, -0.25) is 0 Å². The Balaban J connectivity index is 1.16. The number of rotatable bonds is 0. The Hall–Kier alpha value is -0.0800. The maximum Gasteiger partial charge on any atom is 0.171 e. The van der Waals surface area contributed by atoms with E-state index in [9.17, 15) is 0 Å². The molecule has 2 spiro atoms. The summed E-state index contributed by atoms with van der Waals surface area (Å²) in [7, 11) is 0. The smallest absolute Gasteiger partial charge is 0.171 e. The normalized spacial score (nSPS) is 61.5. The molecule has 11 atom stereocenters. The molecule has 7 fully saturated rings. The molecule has 0 bridgehead atoms. The first kappa shape index (κ1) is 20.3. The van der Waals surface area contributed by atoms with Crippen molar-refractivity contribution in [2.24, 2.45) is 57.7 Å². The van der Waals surface area contributed by atoms with Crippen molar-refractivity contribution in [2.45, 2.75) is 117 Å². The zero-order valence-electron chi connectivity index (χ0n) is 20.6. The minimum Gasteiger partial charge on any atom is -0.349 e. The Morgan fingerprint density at radius 3 is 2.35 bits per heavy atom. The molecule has 0 radical (unpaired) electrons. The molecule has 5 saturated carbocycles. The van der Waals surface area contributed by atoms with E-state index < -0.39 is 0 Å². The summed E-state index contributed by atoms with van der Waals surface area (Å²) in [5.74, 6) is 5.63. The van der Waals surface area contributed by atoms with Crippen LogP contribution in [0.25, 0.3) is 0 Å². The lowest BCUT2D eigenvalue weighted by Gasteiger charge is -2.62. The molecule has 2 aliphatic heterocycles. The quantitative estimate of drug-likeness (QED) is 0.407. The van der Waals surface area contributed by atoms with Gasteiger partial charge in [0, 0.05) is 12.3 Å². The lowest BCUT2D eigenvalue weighted by Crippen LogP contribution is -2.55. The largest absolute Gasteiger partial charge is 0.349 e. The lowest BCUT2D eigenvalue weighted by atomic mass is 9.43. The van der Waals surface area contributed by atoms with Crippen LogP contribution in [0.3, 0.4) is 0 Å². The van der Waals surface area contributed by atoms with Gasteiger partial charge in [0.15, 0.2) is 5.79 Å². The summed E-state index contributed by atoms with van der Waals surface area (Å²) < 4.78 is 13.5. The minimum absolute atomic E-state index is 0.252. The maximum absolute atomic E-state index is 6.96. The van der Waals surface area contributed by atoms with Crippen molar-refractivity contribution in [3.05, 3.63) is 0 Å². The van der Waals surface area contributed by atoms with Gasteiger partial charge in [-0.25, -0.2) is 0 Å². The van der Waals surface area contributed by atoms with Gasteiger partial charge in [0.2, 0.25) is 0 Å². The van der Waals surface area contributed by atoms with E-state index in [0.717, 1.165) is 48.0 Å². The van der Waals surface area contributed by atoms with Gasteiger partial charge in [-0.1, -0.05) is 27.7 Å². The number of ether oxygens (including phenoxy) is 2. The van der Waals surface area contributed by atoms with Crippen molar-refractivity contribution in [3.8, 4) is 0 Å². The third-order valence-electron chi connectivity index (χ3n) is 13.1. The van der Waals surface area contributed by atoms with Gasteiger partial charge in [-0.15, -0.1) is 0 Å². The Morgan fingerprint density at radius 1 is 0.774 bits per heavy atom. The molecule has 2 heteroatoms. The van der Waals surface area contributed by atoms with Crippen LogP contribution in [0, 0.1) is 57.7 Å². The molecule has 0 aromatic rings. The lowest BCUT2D eigenvalue weighted by molar-refractivity contribution is -0.273. The van der Waals surface area contributed by atoms with Crippen LogP contribution in [0.1, 0.15) is 105 Å². The maximum atomic E-state index is 6.96. The van der Waals surface area contributed by atoms with E-state index in [1.807, 2.05) is 0 Å². The summed E-state index contributed by atoms with van der Waals surface area (Å²) in [5, 5.41) is 0. The molecule has 31 heavy (non-hydrogen) atoms. The van der Waals surface area contributed by atoms with Crippen molar-refractivity contribution in [2.75, 3.05) is 6.61 Å². The Labute approximate surface area is 190 Å². The van der Waals surface area contributed by atoms with Crippen LogP contribution in [0.5, 0.6) is 0 Å². The monoisotopic (exact) mass is 426 g/mol. The molecule has 2 nitrogen and oxygen atoms in total. The van der Waals surface area contributed by atoms with Gasteiger partial charge in [-0.2, -0.15) is 0 Å². The molecule has 7 rings (SSSR count). The molecule has 2 saturated heterocycles. The summed E-state index contributed by atoms with van der Waals surface area (Å²) >= 11 is 0. The summed E-state index contributed by atoms with van der Waals surface area (Å²) in [5.41, 5.74) is 1.92. The highest BCUT2D eigenvalue weighted by atomic mass is 16.7. The van der Waals surface area contributed by atoms with Crippen molar-refractivity contribution in [1.29, 1.82) is 0 Å². The molecule has 2 heterocycles. The Kier molecular flexibility index (Phi) is 4.14. The molecule has 7 aliphatic rings. The van der Waals surface area contributed by atoms with Crippen molar-refractivity contribution >= 4 is 0 Å². The van der Waals surface area contributed by atoms with Crippen molar-refractivity contribution in [3.63, 3.8) is 0 Å².